The van der Waals surface area contributed by atoms with E-state index in [2.05, 4.69) is 5.32 Å². The van der Waals surface area contributed by atoms with Crippen LogP contribution >= 0.6 is 0 Å². The van der Waals surface area contributed by atoms with Crippen molar-refractivity contribution in [1.29, 1.82) is 0 Å². The third-order valence-electron chi connectivity index (χ3n) is 3.90. The van der Waals surface area contributed by atoms with Crippen molar-refractivity contribution in [3.63, 3.8) is 0 Å². The number of quaternary nitrogens is 1. The van der Waals surface area contributed by atoms with Crippen LogP contribution in [0.4, 0.5) is 4.39 Å². The lowest BCUT2D eigenvalue weighted by Crippen LogP contribution is -2.84. The van der Waals surface area contributed by atoms with E-state index in [0.29, 0.717) is 17.1 Å². The lowest BCUT2D eigenvalue weighted by atomic mass is 10.1. The molecule has 4 heteroatoms. The zero-order valence-corrected chi connectivity index (χ0v) is 12.7. The molecule has 2 N–H and O–H groups in total. The van der Waals surface area contributed by atoms with E-state index in [1.807, 2.05) is 24.3 Å². The summed E-state index contributed by atoms with van der Waals surface area (Å²) >= 11 is 0. The monoisotopic (exact) mass is 302 g/mol. The van der Waals surface area contributed by atoms with Crippen molar-refractivity contribution in [2.45, 2.75) is 32.0 Å². The van der Waals surface area contributed by atoms with E-state index in [-0.39, 0.29) is 12.4 Å². The summed E-state index contributed by atoms with van der Waals surface area (Å²) in [6.45, 7) is 1.05. The Morgan fingerprint density at radius 2 is 1.86 bits per heavy atom. The first-order chi connectivity index (χ1) is 10.8. The van der Waals surface area contributed by atoms with Gasteiger partial charge in [-0.1, -0.05) is 24.3 Å². The summed E-state index contributed by atoms with van der Waals surface area (Å²) in [5.74, 6) is 1.16. The Morgan fingerprint density at radius 3 is 2.59 bits per heavy atom. The first kappa shape index (κ1) is 14.9. The van der Waals surface area contributed by atoms with Crippen LogP contribution in [0.3, 0.4) is 0 Å². The highest BCUT2D eigenvalue weighted by atomic mass is 19.1. The molecule has 1 fully saturated rings. The lowest BCUT2D eigenvalue weighted by molar-refractivity contribution is -0.683. The fraction of sp³-hybridized carbons (Fsp3) is 0.333. The van der Waals surface area contributed by atoms with E-state index >= 15 is 0 Å². The van der Waals surface area contributed by atoms with Crippen LogP contribution in [0.15, 0.2) is 42.5 Å². The number of hydrogen-bond acceptors (Lipinski definition) is 2. The molecule has 3 rings (SSSR count). The summed E-state index contributed by atoms with van der Waals surface area (Å²) in [5.41, 5.74) is 1.63. The van der Waals surface area contributed by atoms with Crippen LogP contribution in [0.2, 0.25) is 0 Å². The molecule has 2 aromatic rings. The maximum atomic E-state index is 13.7. The van der Waals surface area contributed by atoms with Gasteiger partial charge in [0.1, 0.15) is 19.0 Å². The van der Waals surface area contributed by atoms with Crippen molar-refractivity contribution in [1.82, 2.24) is 0 Å². The number of benzene rings is 2. The molecule has 0 atom stereocenters. The molecule has 0 radical (unpaired) electrons. The van der Waals surface area contributed by atoms with Gasteiger partial charge in [-0.15, -0.1) is 0 Å². The van der Waals surface area contributed by atoms with Crippen LogP contribution < -0.4 is 14.8 Å². The van der Waals surface area contributed by atoms with Crippen LogP contribution in [0.25, 0.3) is 0 Å². The molecule has 0 aliphatic heterocycles. The molecule has 3 nitrogen and oxygen atoms in total. The minimum atomic E-state index is -0.247. The minimum absolute atomic E-state index is 0.198. The van der Waals surface area contributed by atoms with Gasteiger partial charge in [0.15, 0.2) is 11.5 Å². The highest BCUT2D eigenvalue weighted by molar-refractivity contribution is 5.46. The van der Waals surface area contributed by atoms with Gasteiger partial charge in [0.25, 0.3) is 0 Å². The average Bonchev–Trinajstić information content (AvgIpc) is 3.36. The third kappa shape index (κ3) is 3.57. The summed E-state index contributed by atoms with van der Waals surface area (Å²) in [4.78, 5) is 0. The van der Waals surface area contributed by atoms with Gasteiger partial charge in [0.2, 0.25) is 0 Å². The molecule has 1 aliphatic carbocycles. The minimum Gasteiger partial charge on any atom is -0.493 e. The molecular formula is C18H21FNO2+. The second kappa shape index (κ2) is 6.79. The molecule has 1 saturated carbocycles. The van der Waals surface area contributed by atoms with Crippen LogP contribution in [-0.2, 0) is 13.2 Å². The molecule has 116 valence electrons. The molecule has 22 heavy (non-hydrogen) atoms. The Kier molecular flexibility index (Phi) is 4.59. The zero-order chi connectivity index (χ0) is 15.4. The van der Waals surface area contributed by atoms with Crippen molar-refractivity contribution in [3.8, 4) is 11.5 Å². The standard InChI is InChI=1S/C18H20FNO2/c1-21-17-8-4-6-13(11-20-15-9-10-15)18(17)22-12-14-5-2-3-7-16(14)19/h2-8,15,20H,9-12H2,1H3/p+1. The van der Waals surface area contributed by atoms with Crippen molar-refractivity contribution < 1.29 is 19.2 Å². The Labute approximate surface area is 130 Å². The van der Waals surface area contributed by atoms with Crippen molar-refractivity contribution in [2.75, 3.05) is 7.11 Å². The van der Waals surface area contributed by atoms with Crippen molar-refractivity contribution in [2.24, 2.45) is 0 Å². The normalized spacial score (nSPS) is 13.9. The summed E-state index contributed by atoms with van der Waals surface area (Å²) in [6.07, 6.45) is 2.57. The van der Waals surface area contributed by atoms with Gasteiger partial charge >= 0.3 is 0 Å². The number of nitrogens with two attached hydrogens (primary N) is 1. The quantitative estimate of drug-likeness (QED) is 0.853. The van der Waals surface area contributed by atoms with Gasteiger partial charge in [-0.05, 0) is 18.2 Å². The number of ether oxygens (including phenoxy) is 2. The van der Waals surface area contributed by atoms with Gasteiger partial charge in [0.05, 0.1) is 18.7 Å². The number of methoxy groups -OCH3 is 1. The predicted molar refractivity (Wildman–Crippen MR) is 82.4 cm³/mol. The van der Waals surface area contributed by atoms with E-state index in [1.165, 1.54) is 18.9 Å². The molecule has 0 unspecified atom stereocenters. The van der Waals surface area contributed by atoms with E-state index in [9.17, 15) is 4.39 Å². The first-order valence-corrected chi connectivity index (χ1v) is 7.63. The SMILES string of the molecule is COc1cccc(C[NH2+]C2CC2)c1OCc1ccccc1F. The van der Waals surface area contributed by atoms with E-state index in [0.717, 1.165) is 18.2 Å². The average molecular weight is 302 g/mol. The number of hydrogen-bond donors (Lipinski definition) is 1. The Balaban J connectivity index is 1.76. The number of halogens is 1. The molecule has 1 aliphatic rings. The van der Waals surface area contributed by atoms with Crippen LogP contribution in [0, 0.1) is 5.82 Å². The van der Waals surface area contributed by atoms with Gasteiger partial charge in [-0.2, -0.15) is 0 Å². The fourth-order valence-corrected chi connectivity index (χ4v) is 2.44. The second-order valence-electron chi connectivity index (χ2n) is 5.61. The Bertz CT molecular complexity index is 641. The number of para-hydroxylation sites is 1. The van der Waals surface area contributed by atoms with E-state index in [1.54, 1.807) is 19.2 Å². The molecule has 0 aromatic heterocycles. The molecule has 0 spiro atoms. The third-order valence-corrected chi connectivity index (χ3v) is 3.90. The molecular weight excluding hydrogens is 281 g/mol. The largest absolute Gasteiger partial charge is 0.493 e. The molecule has 0 heterocycles. The maximum absolute atomic E-state index is 13.7. The predicted octanol–water partition coefficient (Wildman–Crippen LogP) is 2.64. The first-order valence-electron chi connectivity index (χ1n) is 7.63. The van der Waals surface area contributed by atoms with E-state index in [4.69, 9.17) is 9.47 Å². The zero-order valence-electron chi connectivity index (χ0n) is 12.7. The molecule has 0 saturated heterocycles. The smallest absolute Gasteiger partial charge is 0.170 e. The molecule has 2 aromatic carbocycles. The number of rotatable bonds is 7. The van der Waals surface area contributed by atoms with Gasteiger partial charge in [-0.3, -0.25) is 0 Å². The van der Waals surface area contributed by atoms with Crippen molar-refractivity contribution >= 4 is 0 Å². The van der Waals surface area contributed by atoms with Crippen LogP contribution in [0.1, 0.15) is 24.0 Å². The fourth-order valence-electron chi connectivity index (χ4n) is 2.44. The van der Waals surface area contributed by atoms with Gasteiger partial charge in [-0.25, -0.2) is 4.39 Å². The summed E-state index contributed by atoms with van der Waals surface area (Å²) in [7, 11) is 1.62. The molecule has 0 amide bonds. The maximum Gasteiger partial charge on any atom is 0.170 e. The van der Waals surface area contributed by atoms with E-state index < -0.39 is 0 Å². The highest BCUT2D eigenvalue weighted by Gasteiger charge is 2.25. The van der Waals surface area contributed by atoms with Crippen LogP contribution in [0.5, 0.6) is 11.5 Å². The Morgan fingerprint density at radius 1 is 1.09 bits per heavy atom. The summed E-state index contributed by atoms with van der Waals surface area (Å²) < 4.78 is 25.0. The van der Waals surface area contributed by atoms with Crippen LogP contribution in [-0.4, -0.2) is 13.2 Å². The molecule has 0 bridgehead atoms. The summed E-state index contributed by atoms with van der Waals surface area (Å²) in [6, 6.07) is 13.3. The van der Waals surface area contributed by atoms with Gasteiger partial charge < -0.3 is 14.8 Å². The highest BCUT2D eigenvalue weighted by Crippen LogP contribution is 2.31. The topological polar surface area (TPSA) is 35.1 Å². The van der Waals surface area contributed by atoms with Crippen molar-refractivity contribution in [3.05, 3.63) is 59.4 Å². The lowest BCUT2D eigenvalue weighted by Gasteiger charge is -2.14. The summed E-state index contributed by atoms with van der Waals surface area (Å²) in [5, 5.41) is 2.32. The Hall–Kier alpha value is -2.07. The van der Waals surface area contributed by atoms with Gasteiger partial charge in [0, 0.05) is 18.4 Å². The second-order valence-corrected chi connectivity index (χ2v) is 5.61.